The Morgan fingerprint density at radius 2 is 1.62 bits per heavy atom. The van der Waals surface area contributed by atoms with Crippen molar-refractivity contribution < 1.29 is 14.4 Å². The maximum atomic E-state index is 12.5. The highest BCUT2D eigenvalue weighted by Gasteiger charge is 2.18. The van der Waals surface area contributed by atoms with Crippen molar-refractivity contribution in [3.8, 4) is 17.2 Å². The van der Waals surface area contributed by atoms with Crippen LogP contribution in [0.3, 0.4) is 0 Å². The van der Waals surface area contributed by atoms with Crippen molar-refractivity contribution in [2.75, 3.05) is 0 Å². The van der Waals surface area contributed by atoms with Gasteiger partial charge in [-0.15, -0.1) is 10.2 Å². The molecule has 5 aromatic rings. The van der Waals surface area contributed by atoms with Crippen LogP contribution < -0.4 is 0 Å². The summed E-state index contributed by atoms with van der Waals surface area (Å²) in [6, 6.07) is 28.1. The van der Waals surface area contributed by atoms with Gasteiger partial charge in [0.05, 0.1) is 12.1 Å². The first-order valence-corrected chi connectivity index (χ1v) is 10.0. The second-order valence-electron chi connectivity index (χ2n) is 7.21. The Labute approximate surface area is 183 Å². The van der Waals surface area contributed by atoms with Gasteiger partial charge < -0.3 is 14.2 Å². The molecular formula is C25H18N4O3. The van der Waals surface area contributed by atoms with Crippen molar-refractivity contribution in [2.45, 2.75) is 6.54 Å². The average molecular weight is 422 g/mol. The number of aromatic nitrogens is 2. The minimum absolute atomic E-state index is 0.0418. The summed E-state index contributed by atoms with van der Waals surface area (Å²) in [5, 5.41) is 23.2. The predicted molar refractivity (Wildman–Crippen MR) is 120 cm³/mol. The molecule has 0 fully saturated rings. The van der Waals surface area contributed by atoms with Crippen LogP contribution >= 0.6 is 0 Å². The van der Waals surface area contributed by atoms with Gasteiger partial charge in [-0.25, -0.2) is 0 Å². The number of benzene rings is 3. The largest absolute Gasteiger partial charge is 0.493 e. The molecule has 7 nitrogen and oxygen atoms in total. The highest BCUT2D eigenvalue weighted by atomic mass is 16.5. The van der Waals surface area contributed by atoms with E-state index < -0.39 is 5.91 Å². The van der Waals surface area contributed by atoms with Crippen LogP contribution in [0.5, 0.6) is 5.88 Å². The van der Waals surface area contributed by atoms with Crippen LogP contribution in [0.2, 0.25) is 0 Å². The molecule has 156 valence electrons. The first kappa shape index (κ1) is 19.4. The molecule has 0 aliphatic heterocycles. The zero-order valence-electron chi connectivity index (χ0n) is 16.9. The SMILES string of the molecule is O=C(N=Nc1c(O)n(Cc2ccccc2)c2ccccc12)c1cc(-c2ccccc2)on1. The second kappa shape index (κ2) is 8.31. The lowest BCUT2D eigenvalue weighted by atomic mass is 10.2. The third-order valence-electron chi connectivity index (χ3n) is 5.13. The Balaban J connectivity index is 1.46. The number of carbonyl (C=O) groups excluding carboxylic acids is 1. The van der Waals surface area contributed by atoms with Crippen molar-refractivity contribution in [3.63, 3.8) is 0 Å². The fourth-order valence-corrected chi connectivity index (χ4v) is 3.56. The molecule has 1 amide bonds. The van der Waals surface area contributed by atoms with E-state index in [9.17, 15) is 9.90 Å². The van der Waals surface area contributed by atoms with E-state index in [2.05, 4.69) is 15.4 Å². The summed E-state index contributed by atoms with van der Waals surface area (Å²) in [6.45, 7) is 0.459. The van der Waals surface area contributed by atoms with Gasteiger partial charge in [-0.05, 0) is 11.6 Å². The van der Waals surface area contributed by atoms with Crippen molar-refractivity contribution in [1.82, 2.24) is 9.72 Å². The van der Waals surface area contributed by atoms with Crippen LogP contribution in [-0.2, 0) is 6.54 Å². The summed E-state index contributed by atoms with van der Waals surface area (Å²) in [6.07, 6.45) is 0. The van der Waals surface area contributed by atoms with Crippen LogP contribution in [0.1, 0.15) is 16.1 Å². The molecule has 0 aliphatic carbocycles. The number of hydrogen-bond donors (Lipinski definition) is 1. The third-order valence-corrected chi connectivity index (χ3v) is 5.13. The minimum Gasteiger partial charge on any atom is -0.493 e. The summed E-state index contributed by atoms with van der Waals surface area (Å²) < 4.78 is 7.01. The molecular weight excluding hydrogens is 404 g/mol. The number of para-hydroxylation sites is 1. The Kier molecular flexibility index (Phi) is 5.05. The van der Waals surface area contributed by atoms with Gasteiger partial charge in [0.1, 0.15) is 0 Å². The van der Waals surface area contributed by atoms with Gasteiger partial charge in [-0.3, -0.25) is 4.79 Å². The smallest absolute Gasteiger partial charge is 0.317 e. The highest BCUT2D eigenvalue weighted by molar-refractivity contribution is 5.97. The molecule has 0 saturated carbocycles. The molecule has 3 aromatic carbocycles. The summed E-state index contributed by atoms with van der Waals surface area (Å²) in [4.78, 5) is 12.5. The maximum absolute atomic E-state index is 12.5. The lowest BCUT2D eigenvalue weighted by Gasteiger charge is -2.06. The van der Waals surface area contributed by atoms with Crippen molar-refractivity contribution in [1.29, 1.82) is 0 Å². The molecule has 5 rings (SSSR count). The molecule has 32 heavy (non-hydrogen) atoms. The number of azo groups is 1. The van der Waals surface area contributed by atoms with Gasteiger partial charge in [0.15, 0.2) is 17.1 Å². The number of hydrogen-bond acceptors (Lipinski definition) is 5. The molecule has 2 aromatic heterocycles. The quantitative estimate of drug-likeness (QED) is 0.353. The lowest BCUT2D eigenvalue weighted by Crippen LogP contribution is -1.98. The Bertz CT molecular complexity index is 1420. The topological polar surface area (TPSA) is 93.0 Å². The third kappa shape index (κ3) is 3.67. The Morgan fingerprint density at radius 1 is 0.938 bits per heavy atom. The summed E-state index contributed by atoms with van der Waals surface area (Å²) >= 11 is 0. The van der Waals surface area contributed by atoms with Crippen LogP contribution in [0.25, 0.3) is 22.2 Å². The fourth-order valence-electron chi connectivity index (χ4n) is 3.56. The first-order valence-electron chi connectivity index (χ1n) is 10.0. The highest BCUT2D eigenvalue weighted by Crippen LogP contribution is 2.39. The standard InChI is InChI=1S/C25H18N4O3/c30-24(20-15-22(32-28-20)18-11-5-2-6-12-18)27-26-23-19-13-7-8-14-21(19)29(25(23)31)16-17-9-3-1-4-10-17/h1-15,31H,16H2. The van der Waals surface area contributed by atoms with Gasteiger partial charge in [-0.2, -0.15) is 0 Å². The Morgan fingerprint density at radius 3 is 2.41 bits per heavy atom. The summed E-state index contributed by atoms with van der Waals surface area (Å²) in [7, 11) is 0. The van der Waals surface area contributed by atoms with Crippen molar-refractivity contribution in [2.24, 2.45) is 10.2 Å². The van der Waals surface area contributed by atoms with Gasteiger partial charge in [0, 0.05) is 17.0 Å². The van der Waals surface area contributed by atoms with E-state index in [1.54, 1.807) is 4.57 Å². The van der Waals surface area contributed by atoms with E-state index in [4.69, 9.17) is 4.52 Å². The van der Waals surface area contributed by atoms with E-state index in [1.165, 1.54) is 6.07 Å². The molecule has 7 heteroatoms. The minimum atomic E-state index is -0.657. The first-order chi connectivity index (χ1) is 15.7. The summed E-state index contributed by atoms with van der Waals surface area (Å²) in [5.74, 6) is -0.251. The fraction of sp³-hybridized carbons (Fsp3) is 0.0400. The molecule has 2 heterocycles. The molecule has 0 radical (unpaired) electrons. The molecule has 0 bridgehead atoms. The number of carbonyl (C=O) groups is 1. The molecule has 0 atom stereocenters. The molecule has 0 spiro atoms. The molecule has 0 saturated heterocycles. The van der Waals surface area contributed by atoms with Crippen LogP contribution in [0, 0.1) is 0 Å². The van der Waals surface area contributed by atoms with Gasteiger partial charge in [0.25, 0.3) is 0 Å². The summed E-state index contributed by atoms with van der Waals surface area (Å²) in [5.41, 5.74) is 2.90. The maximum Gasteiger partial charge on any atom is 0.317 e. The van der Waals surface area contributed by atoms with E-state index in [-0.39, 0.29) is 17.3 Å². The van der Waals surface area contributed by atoms with E-state index in [1.807, 2.05) is 84.9 Å². The number of aromatic hydroxyl groups is 1. The number of rotatable bonds is 5. The predicted octanol–water partition coefficient (Wildman–Crippen LogP) is 5.97. The number of amides is 1. The normalized spacial score (nSPS) is 11.4. The average Bonchev–Trinajstić information content (AvgIpc) is 3.43. The monoisotopic (exact) mass is 422 g/mol. The number of fused-ring (bicyclic) bond motifs is 1. The van der Waals surface area contributed by atoms with Crippen molar-refractivity contribution in [3.05, 3.63) is 102 Å². The zero-order valence-corrected chi connectivity index (χ0v) is 16.9. The molecule has 1 N–H and O–H groups in total. The Hall–Kier alpha value is -4.52. The molecule has 0 unspecified atom stereocenters. The molecule has 0 aliphatic rings. The van der Waals surface area contributed by atoms with Crippen LogP contribution in [0.15, 0.2) is 106 Å². The van der Waals surface area contributed by atoms with Gasteiger partial charge in [0.2, 0.25) is 5.88 Å². The lowest BCUT2D eigenvalue weighted by molar-refractivity contribution is 0.0986. The van der Waals surface area contributed by atoms with Gasteiger partial charge in [-0.1, -0.05) is 84.0 Å². The van der Waals surface area contributed by atoms with E-state index >= 15 is 0 Å². The van der Waals surface area contributed by atoms with Crippen molar-refractivity contribution >= 4 is 22.5 Å². The van der Waals surface area contributed by atoms with E-state index in [0.717, 1.165) is 16.6 Å². The zero-order chi connectivity index (χ0) is 21.9. The van der Waals surface area contributed by atoms with Gasteiger partial charge >= 0.3 is 5.91 Å². The van der Waals surface area contributed by atoms with Crippen LogP contribution in [-0.4, -0.2) is 20.7 Å². The van der Waals surface area contributed by atoms with Crippen LogP contribution in [0.4, 0.5) is 5.69 Å². The second-order valence-corrected chi connectivity index (χ2v) is 7.21. The van der Waals surface area contributed by atoms with E-state index in [0.29, 0.717) is 17.7 Å². The number of nitrogens with zero attached hydrogens (tertiary/aromatic N) is 4.